The molecule has 1 aromatic heterocycles. The second-order valence-corrected chi connectivity index (χ2v) is 13.3. The summed E-state index contributed by atoms with van der Waals surface area (Å²) in [5, 5.41) is 0. The van der Waals surface area contributed by atoms with Gasteiger partial charge in [-0.25, -0.2) is 15.0 Å². The van der Waals surface area contributed by atoms with Gasteiger partial charge < -0.3 is 0 Å². The highest BCUT2D eigenvalue weighted by Gasteiger charge is 2.34. The minimum absolute atomic E-state index is 0.0565. The molecule has 3 aromatic carbocycles. The fourth-order valence-corrected chi connectivity index (χ4v) is 6.39. The number of hydrogen-bond acceptors (Lipinski definition) is 3. The third-order valence-electron chi connectivity index (χ3n) is 9.76. The van der Waals surface area contributed by atoms with E-state index >= 15 is 0 Å². The minimum atomic E-state index is -0.0565. The van der Waals surface area contributed by atoms with E-state index in [1.807, 2.05) is 43.3 Å². The quantitative estimate of drug-likeness (QED) is 0.199. The highest BCUT2D eigenvalue weighted by Crippen LogP contribution is 2.43. The topological polar surface area (TPSA) is 38.7 Å². The Morgan fingerprint density at radius 2 is 1.46 bits per heavy atom. The van der Waals surface area contributed by atoms with Crippen LogP contribution in [-0.2, 0) is 5.41 Å². The minimum Gasteiger partial charge on any atom is -0.208 e. The molecule has 1 heterocycles. The van der Waals surface area contributed by atoms with Gasteiger partial charge in [-0.3, -0.25) is 0 Å². The Bertz CT molecular complexity index is 1960. The summed E-state index contributed by atoms with van der Waals surface area (Å²) < 4.78 is 0. The lowest BCUT2D eigenvalue weighted by Crippen LogP contribution is -2.30. The van der Waals surface area contributed by atoms with Crippen molar-refractivity contribution in [1.82, 2.24) is 15.0 Å². The lowest BCUT2D eigenvalue weighted by Gasteiger charge is -2.36. The molecule has 0 saturated heterocycles. The lowest BCUT2D eigenvalue weighted by atomic mass is 9.67. The molecule has 3 heteroatoms. The monoisotopic (exact) mass is 631 g/mol. The zero-order valence-corrected chi connectivity index (χ0v) is 29.8. The van der Waals surface area contributed by atoms with Crippen LogP contribution in [0.25, 0.3) is 34.4 Å². The Morgan fingerprint density at radius 3 is 2.23 bits per heavy atom. The molecule has 5 rings (SSSR count). The van der Waals surface area contributed by atoms with Crippen molar-refractivity contribution >= 4 is 11.6 Å². The summed E-state index contributed by atoms with van der Waals surface area (Å²) >= 11 is 0. The first-order chi connectivity index (χ1) is 23.1. The predicted octanol–water partition coefficient (Wildman–Crippen LogP) is 11.9. The molecule has 48 heavy (non-hydrogen) atoms. The van der Waals surface area contributed by atoms with Crippen LogP contribution in [0.2, 0.25) is 0 Å². The maximum atomic E-state index is 5.24. The van der Waals surface area contributed by atoms with Crippen LogP contribution in [0.15, 0.2) is 121 Å². The molecule has 0 radical (unpaired) electrons. The van der Waals surface area contributed by atoms with Crippen LogP contribution in [-0.4, -0.2) is 15.0 Å². The number of hydrogen-bond donors (Lipinski definition) is 0. The molecule has 0 spiro atoms. The molecule has 3 nitrogen and oxygen atoms in total. The molecule has 1 aliphatic rings. The van der Waals surface area contributed by atoms with E-state index in [0.29, 0.717) is 17.5 Å². The molecule has 1 aliphatic carbocycles. The van der Waals surface area contributed by atoms with E-state index in [9.17, 15) is 0 Å². The van der Waals surface area contributed by atoms with Crippen LogP contribution in [0.5, 0.6) is 0 Å². The number of rotatable bonds is 6. The van der Waals surface area contributed by atoms with E-state index in [-0.39, 0.29) is 17.3 Å². The number of aryl methyl sites for hydroxylation is 3. The second kappa shape index (κ2) is 15.3. The molecule has 4 aromatic rings. The fraction of sp³-hybridized carbons (Fsp3) is 0.267. The van der Waals surface area contributed by atoms with E-state index in [0.717, 1.165) is 39.8 Å². The summed E-state index contributed by atoms with van der Waals surface area (Å²) in [6.45, 7) is 17.8. The van der Waals surface area contributed by atoms with Crippen molar-refractivity contribution in [3.05, 3.63) is 161 Å². The molecule has 3 atom stereocenters. The van der Waals surface area contributed by atoms with E-state index in [1.165, 1.54) is 16.7 Å². The Morgan fingerprint density at radius 1 is 0.750 bits per heavy atom. The van der Waals surface area contributed by atoms with Gasteiger partial charge in [-0.05, 0) is 85.8 Å². The van der Waals surface area contributed by atoms with Crippen LogP contribution < -0.4 is 0 Å². The molecule has 0 amide bonds. The summed E-state index contributed by atoms with van der Waals surface area (Å²) in [6, 6.07) is 30.0. The first-order valence-corrected chi connectivity index (χ1v) is 17.2. The van der Waals surface area contributed by atoms with Crippen LogP contribution in [0.3, 0.4) is 0 Å². The van der Waals surface area contributed by atoms with Crippen LogP contribution in [0, 0.1) is 26.7 Å². The molecule has 0 N–H and O–H groups in total. The fourth-order valence-electron chi connectivity index (χ4n) is 6.39. The average Bonchev–Trinajstić information content (AvgIpc) is 3.12. The number of benzene rings is 2. The van der Waals surface area contributed by atoms with Crippen LogP contribution in [0.4, 0.5) is 0 Å². The summed E-state index contributed by atoms with van der Waals surface area (Å²) in [5.41, 5.74) is 10.3. The van der Waals surface area contributed by atoms with Gasteiger partial charge in [-0.15, -0.1) is 0 Å². The van der Waals surface area contributed by atoms with Crippen molar-refractivity contribution in [2.24, 2.45) is 5.92 Å². The normalized spacial score (nSPS) is 19.3. The summed E-state index contributed by atoms with van der Waals surface area (Å²) in [6.07, 6.45) is 16.2. The molecule has 3 unspecified atom stereocenters. The van der Waals surface area contributed by atoms with Gasteiger partial charge in [0.1, 0.15) is 0 Å². The molecular weight excluding hydrogens is 583 g/mol. The molecule has 0 fully saturated rings. The lowest BCUT2D eigenvalue weighted by molar-refractivity contribution is 0.355. The third-order valence-corrected chi connectivity index (χ3v) is 9.76. The molecule has 0 bridgehead atoms. The highest BCUT2D eigenvalue weighted by molar-refractivity contribution is 5.75. The van der Waals surface area contributed by atoms with Crippen molar-refractivity contribution < 1.29 is 0 Å². The van der Waals surface area contributed by atoms with Crippen molar-refractivity contribution in [2.75, 3.05) is 0 Å². The maximum Gasteiger partial charge on any atom is 0.164 e. The predicted molar refractivity (Wildman–Crippen MR) is 205 cm³/mol. The standard InChI is InChI=1S/C45H49N3/c1-9-11-15-19-36-24-22-34(6)40(30-36)44-47-42(37-20-17-14-12-13-16-18-31(3)27-37)46-43(48-44)38-25-23-33(5)39-26-21-32(4)28-41(39)45(8,10-2)35(7)29-38/h9,11-30,33,35H,10H2,1-8H3/b11-9-,13-12?,14-12?,16-13?,17-14?,18-16?,19-15-,20-17?,25-23?,31-18?,31-27?,37-20?,37-27?,38-29?. The summed E-state index contributed by atoms with van der Waals surface area (Å²) in [7, 11) is 0. The van der Waals surface area contributed by atoms with E-state index < -0.39 is 0 Å². The SMILES string of the molecule is C/C=C\C=C/c1ccc(C)c(-c2nc(C3=CC(C)C(C)(CC)c4cc(C)ccc4C(C)C=C3)nc(-c3cccccccc(C)c3)n2)c1. The smallest absolute Gasteiger partial charge is 0.164 e. The van der Waals surface area contributed by atoms with Gasteiger partial charge in [0.05, 0.1) is 0 Å². The van der Waals surface area contributed by atoms with Crippen molar-refractivity contribution in [1.29, 1.82) is 0 Å². The summed E-state index contributed by atoms with van der Waals surface area (Å²) in [4.78, 5) is 15.6. The van der Waals surface area contributed by atoms with E-state index in [2.05, 4.69) is 140 Å². The number of fused-ring (bicyclic) bond motifs is 1. The summed E-state index contributed by atoms with van der Waals surface area (Å²) in [5.74, 6) is 2.47. The van der Waals surface area contributed by atoms with Gasteiger partial charge in [-0.2, -0.15) is 0 Å². The molecule has 0 aliphatic heterocycles. The van der Waals surface area contributed by atoms with Gasteiger partial charge >= 0.3 is 0 Å². The van der Waals surface area contributed by atoms with Crippen LogP contribution in [0.1, 0.15) is 86.2 Å². The zero-order valence-electron chi connectivity index (χ0n) is 29.8. The zero-order chi connectivity index (χ0) is 34.3. The van der Waals surface area contributed by atoms with Crippen molar-refractivity contribution in [2.45, 2.75) is 73.1 Å². The first-order valence-electron chi connectivity index (χ1n) is 17.2. The largest absolute Gasteiger partial charge is 0.208 e. The maximum absolute atomic E-state index is 5.24. The number of allylic oxidation sites excluding steroid dienone is 7. The second-order valence-electron chi connectivity index (χ2n) is 13.3. The number of nitrogens with zero attached hydrogens (tertiary/aromatic N) is 3. The average molecular weight is 632 g/mol. The highest BCUT2D eigenvalue weighted by atomic mass is 15.0. The Kier molecular flexibility index (Phi) is 11.0. The Hall–Kier alpha value is -4.89. The first kappa shape index (κ1) is 34.4. The van der Waals surface area contributed by atoms with Crippen molar-refractivity contribution in [3.63, 3.8) is 0 Å². The molecule has 244 valence electrons. The van der Waals surface area contributed by atoms with Gasteiger partial charge in [0.15, 0.2) is 17.5 Å². The number of aromatic nitrogens is 3. The molecular formula is C45H49N3. The van der Waals surface area contributed by atoms with Gasteiger partial charge in [0.2, 0.25) is 0 Å². The van der Waals surface area contributed by atoms with Gasteiger partial charge in [0, 0.05) is 16.7 Å². The van der Waals surface area contributed by atoms with Crippen molar-refractivity contribution in [3.8, 4) is 22.8 Å². The molecule has 0 saturated carbocycles. The van der Waals surface area contributed by atoms with E-state index in [1.54, 1.807) is 0 Å². The Labute approximate surface area is 288 Å². The van der Waals surface area contributed by atoms with Crippen LogP contribution >= 0.6 is 0 Å². The Balaban J connectivity index is 1.78. The van der Waals surface area contributed by atoms with E-state index in [4.69, 9.17) is 15.0 Å². The third kappa shape index (κ3) is 7.80. The van der Waals surface area contributed by atoms with Gasteiger partial charge in [-0.1, -0.05) is 154 Å². The van der Waals surface area contributed by atoms with Gasteiger partial charge in [0.25, 0.3) is 0 Å².